The van der Waals surface area contributed by atoms with E-state index in [9.17, 15) is 30.4 Å². The number of nitrogens with one attached hydrogen (secondary N) is 2. The molecular weight excluding hydrogens is 622 g/mol. The van der Waals surface area contributed by atoms with Gasteiger partial charge in [0.2, 0.25) is 5.88 Å². The summed E-state index contributed by atoms with van der Waals surface area (Å²) in [6.45, 7) is 2.89. The Hall–Kier alpha value is -4.71. The van der Waals surface area contributed by atoms with Gasteiger partial charge in [-0.2, -0.15) is 13.2 Å². The summed E-state index contributed by atoms with van der Waals surface area (Å²) in [6.07, 6.45) is -2.37. The van der Waals surface area contributed by atoms with Gasteiger partial charge in [0.25, 0.3) is 10.0 Å². The smallest absolute Gasteiger partial charge is 0.480 e. The maximum absolute atomic E-state index is 15.1. The predicted molar refractivity (Wildman–Crippen MR) is 145 cm³/mol. The van der Waals surface area contributed by atoms with E-state index in [1.54, 1.807) is 6.07 Å². The summed E-state index contributed by atoms with van der Waals surface area (Å²) in [5.74, 6) is -5.03. The minimum atomic E-state index is -5.08. The summed E-state index contributed by atoms with van der Waals surface area (Å²) in [6, 6.07) is 6.47. The molecule has 2 aromatic heterocycles. The van der Waals surface area contributed by atoms with Crippen LogP contribution in [0, 0.1) is 17.5 Å². The Kier molecular flexibility index (Phi) is 9.43. The van der Waals surface area contributed by atoms with Gasteiger partial charge in [-0.15, -0.1) is 0 Å². The van der Waals surface area contributed by atoms with Gasteiger partial charge in [0.05, 0.1) is 7.11 Å². The van der Waals surface area contributed by atoms with E-state index in [-0.39, 0.29) is 17.1 Å². The summed E-state index contributed by atoms with van der Waals surface area (Å²) in [4.78, 5) is 22.8. The van der Waals surface area contributed by atoms with Crippen LogP contribution < -0.4 is 19.7 Å². The fourth-order valence-corrected chi connectivity index (χ4v) is 5.25. The van der Waals surface area contributed by atoms with Crippen LogP contribution in [0.3, 0.4) is 0 Å². The van der Waals surface area contributed by atoms with Gasteiger partial charge in [-0.25, -0.2) is 41.3 Å². The van der Waals surface area contributed by atoms with E-state index in [1.165, 1.54) is 31.8 Å². The second-order valence-electron chi connectivity index (χ2n) is 9.05. The number of ether oxygens (including phenoxy) is 1. The molecule has 2 aromatic carbocycles. The van der Waals surface area contributed by atoms with E-state index >= 15 is 4.39 Å². The summed E-state index contributed by atoms with van der Waals surface area (Å²) in [7, 11) is -3.19. The first-order valence-corrected chi connectivity index (χ1v) is 13.9. The van der Waals surface area contributed by atoms with Gasteiger partial charge in [0.1, 0.15) is 45.7 Å². The first kappa shape index (κ1) is 32.2. The van der Waals surface area contributed by atoms with Crippen molar-refractivity contribution in [3.63, 3.8) is 0 Å². The molecule has 1 fully saturated rings. The quantitative estimate of drug-likeness (QED) is 0.264. The van der Waals surface area contributed by atoms with Crippen molar-refractivity contribution in [2.75, 3.05) is 42.9 Å². The number of halogens is 6. The molecule has 18 heteroatoms. The lowest BCUT2D eigenvalue weighted by atomic mass is 10.0. The van der Waals surface area contributed by atoms with Crippen LogP contribution in [0.4, 0.5) is 37.8 Å². The molecule has 0 atom stereocenters. The van der Waals surface area contributed by atoms with Crippen LogP contribution in [0.2, 0.25) is 0 Å². The predicted octanol–water partition coefficient (Wildman–Crippen LogP) is 3.96. The first-order chi connectivity index (χ1) is 20.7. The van der Waals surface area contributed by atoms with Crippen molar-refractivity contribution in [3.05, 3.63) is 66.4 Å². The fraction of sp³-hybridized carbons (Fsp3) is 0.231. The number of benzene rings is 2. The van der Waals surface area contributed by atoms with E-state index in [0.717, 1.165) is 25.2 Å². The second kappa shape index (κ2) is 12.9. The fourth-order valence-electron chi connectivity index (χ4n) is 4.15. The molecule has 0 spiro atoms. The maximum Gasteiger partial charge on any atom is 0.490 e. The van der Waals surface area contributed by atoms with Gasteiger partial charge in [0.15, 0.2) is 0 Å². The van der Waals surface area contributed by atoms with Crippen molar-refractivity contribution in [1.29, 1.82) is 0 Å². The molecule has 0 aliphatic carbocycles. The van der Waals surface area contributed by atoms with E-state index in [1.807, 2.05) is 4.90 Å². The average Bonchev–Trinajstić information content (AvgIpc) is 2.96. The number of carboxylic acids is 1. The molecule has 3 heterocycles. The molecule has 4 aromatic rings. The number of piperazine rings is 1. The number of anilines is 2. The Labute approximate surface area is 245 Å². The number of carbonyl (C=O) groups is 1. The lowest BCUT2D eigenvalue weighted by Crippen LogP contribution is -2.44. The highest BCUT2D eigenvalue weighted by molar-refractivity contribution is 7.92. The van der Waals surface area contributed by atoms with E-state index in [4.69, 9.17) is 14.6 Å². The Bertz CT molecular complexity index is 1800. The molecule has 1 aliphatic heterocycles. The lowest BCUT2D eigenvalue weighted by Gasteiger charge is -2.29. The summed E-state index contributed by atoms with van der Waals surface area (Å²) >= 11 is 0. The summed E-state index contributed by atoms with van der Waals surface area (Å²) in [5.41, 5.74) is 0.783. The third-order valence-corrected chi connectivity index (χ3v) is 7.53. The third-order valence-electron chi connectivity index (χ3n) is 6.14. The molecule has 0 saturated carbocycles. The molecule has 1 saturated heterocycles. The zero-order valence-corrected chi connectivity index (χ0v) is 23.3. The van der Waals surface area contributed by atoms with Crippen molar-refractivity contribution in [2.24, 2.45) is 0 Å². The van der Waals surface area contributed by atoms with Crippen LogP contribution >= 0.6 is 0 Å². The number of alkyl halides is 3. The SMILES string of the molecule is COc1ncc(-c2cc(F)c3ncnc(N4CCNCC4)c3c2)cc1NS(=O)(=O)c1ccc(F)cc1F.O=C(O)C(F)(F)F. The lowest BCUT2D eigenvalue weighted by molar-refractivity contribution is -0.192. The topological polar surface area (TPSA) is 147 Å². The zero-order valence-electron chi connectivity index (χ0n) is 22.5. The minimum absolute atomic E-state index is 0.0963. The number of hydrogen-bond acceptors (Lipinski definition) is 9. The molecule has 5 rings (SSSR count). The number of nitrogens with zero attached hydrogens (tertiary/aromatic N) is 4. The highest BCUT2D eigenvalue weighted by atomic mass is 32.2. The van der Waals surface area contributed by atoms with Crippen LogP contribution in [0.1, 0.15) is 0 Å². The molecule has 234 valence electrons. The third kappa shape index (κ3) is 7.25. The largest absolute Gasteiger partial charge is 0.490 e. The number of hydrogen-bond donors (Lipinski definition) is 3. The Morgan fingerprint density at radius 1 is 1.00 bits per heavy atom. The molecule has 0 bridgehead atoms. The normalized spacial score (nSPS) is 13.7. The second-order valence-corrected chi connectivity index (χ2v) is 10.7. The maximum atomic E-state index is 15.1. The molecule has 1 aliphatic rings. The van der Waals surface area contributed by atoms with Crippen LogP contribution in [0.15, 0.2) is 53.8 Å². The van der Waals surface area contributed by atoms with Crippen LogP contribution in [0.5, 0.6) is 5.88 Å². The zero-order chi connectivity index (χ0) is 32.2. The van der Waals surface area contributed by atoms with Crippen molar-refractivity contribution in [3.8, 4) is 17.0 Å². The number of fused-ring (bicyclic) bond motifs is 1. The molecule has 11 nitrogen and oxygen atoms in total. The van der Waals surface area contributed by atoms with Gasteiger partial charge in [-0.1, -0.05) is 0 Å². The van der Waals surface area contributed by atoms with E-state index in [0.29, 0.717) is 41.5 Å². The van der Waals surface area contributed by atoms with Crippen molar-refractivity contribution in [2.45, 2.75) is 11.1 Å². The van der Waals surface area contributed by atoms with Crippen molar-refractivity contribution < 1.29 is 49.4 Å². The molecule has 0 radical (unpaired) electrons. The van der Waals surface area contributed by atoms with Crippen LogP contribution in [-0.4, -0.2) is 73.9 Å². The number of methoxy groups -OCH3 is 1. The average molecular weight is 645 g/mol. The van der Waals surface area contributed by atoms with Gasteiger partial charge in [-0.3, -0.25) is 4.72 Å². The van der Waals surface area contributed by atoms with E-state index in [2.05, 4.69) is 25.0 Å². The Balaban J connectivity index is 0.000000566. The van der Waals surface area contributed by atoms with E-state index < -0.39 is 44.5 Å². The van der Waals surface area contributed by atoms with Gasteiger partial charge >= 0.3 is 12.1 Å². The van der Waals surface area contributed by atoms with Gasteiger partial charge in [0, 0.05) is 49.4 Å². The molecule has 0 unspecified atom stereocenters. The van der Waals surface area contributed by atoms with Crippen LogP contribution in [-0.2, 0) is 14.8 Å². The molecule has 0 amide bonds. The number of sulfonamides is 1. The van der Waals surface area contributed by atoms with Crippen molar-refractivity contribution >= 4 is 38.4 Å². The summed E-state index contributed by atoms with van der Waals surface area (Å²) in [5, 5.41) is 10.9. The number of aromatic nitrogens is 3. The van der Waals surface area contributed by atoms with Crippen LogP contribution in [0.25, 0.3) is 22.0 Å². The molecule has 3 N–H and O–H groups in total. The first-order valence-electron chi connectivity index (χ1n) is 12.4. The summed E-state index contributed by atoms with van der Waals surface area (Å²) < 4.78 is 107. The highest BCUT2D eigenvalue weighted by Gasteiger charge is 2.38. The van der Waals surface area contributed by atoms with Crippen molar-refractivity contribution in [1.82, 2.24) is 20.3 Å². The van der Waals surface area contributed by atoms with Gasteiger partial charge < -0.3 is 20.1 Å². The number of rotatable bonds is 6. The monoisotopic (exact) mass is 644 g/mol. The minimum Gasteiger partial charge on any atom is -0.480 e. The standard InChI is InChI=1S/C24H21F3N6O3S.C2HF3O2/c1-36-24-20(32-37(34,35)21-3-2-16(25)11-18(21)26)10-15(12-29-24)14-8-17-22(19(27)9-14)30-13-31-23(17)33-6-4-28-5-7-33;3-2(4,5)1(6)7/h2-3,8-13,28,32H,4-7H2,1H3;(H,6,7). The molecular formula is C26H22F6N6O5S. The Morgan fingerprint density at radius 3 is 2.30 bits per heavy atom. The number of carboxylic acid groups (broad SMARTS) is 1. The highest BCUT2D eigenvalue weighted by Crippen LogP contribution is 2.34. The number of pyridine rings is 1. The molecule has 44 heavy (non-hydrogen) atoms. The Morgan fingerprint density at radius 2 is 1.68 bits per heavy atom. The number of aliphatic carboxylic acids is 1. The van der Waals surface area contributed by atoms with Gasteiger partial charge in [-0.05, 0) is 35.9 Å².